The van der Waals surface area contributed by atoms with E-state index >= 15 is 0 Å². The van der Waals surface area contributed by atoms with Gasteiger partial charge in [-0.2, -0.15) is 0 Å². The van der Waals surface area contributed by atoms with Gasteiger partial charge < -0.3 is 10.5 Å². The first-order valence-electron chi connectivity index (χ1n) is 7.00. The van der Waals surface area contributed by atoms with Gasteiger partial charge in [0.1, 0.15) is 0 Å². The topological polar surface area (TPSA) is 50.9 Å². The number of hydrogen-bond donors (Lipinski definition) is 1. The van der Waals surface area contributed by atoms with Crippen molar-refractivity contribution in [1.82, 2.24) is 4.90 Å². The number of benzene rings is 1. The number of methoxy groups -OCH3 is 1. The van der Waals surface area contributed by atoms with Crippen molar-refractivity contribution < 1.29 is 4.74 Å². The fourth-order valence-electron chi connectivity index (χ4n) is 2.76. The van der Waals surface area contributed by atoms with Gasteiger partial charge in [0.25, 0.3) is 0 Å². The molecule has 1 aliphatic heterocycles. The summed E-state index contributed by atoms with van der Waals surface area (Å²) in [7, 11) is 3.37. The van der Waals surface area contributed by atoms with Crippen molar-refractivity contribution in [2.24, 2.45) is 10.7 Å². The summed E-state index contributed by atoms with van der Waals surface area (Å²) in [6, 6.07) is 10.8. The van der Waals surface area contributed by atoms with E-state index in [0.717, 1.165) is 25.1 Å². The Morgan fingerprint density at radius 1 is 1.45 bits per heavy atom. The van der Waals surface area contributed by atoms with Gasteiger partial charge in [-0.25, -0.2) is 0 Å². The molecule has 0 saturated carbocycles. The maximum atomic E-state index is 5.98. The molecule has 1 fully saturated rings. The minimum Gasteiger partial charge on any atom is -0.482 e. The normalized spacial score (nSPS) is 21.2. The molecule has 1 aromatic carbocycles. The average Bonchev–Trinajstić information content (AvgIpc) is 2.93. The molecule has 2 rings (SSSR count). The van der Waals surface area contributed by atoms with Crippen LogP contribution in [-0.4, -0.2) is 37.9 Å². The molecule has 1 heterocycles. The lowest BCUT2D eigenvalue weighted by molar-refractivity contribution is 0.249. The molecule has 0 amide bonds. The minimum absolute atomic E-state index is 0.291. The lowest BCUT2D eigenvalue weighted by Crippen LogP contribution is -2.33. The largest absolute Gasteiger partial charge is 0.482 e. The maximum absolute atomic E-state index is 5.98. The zero-order valence-electron chi connectivity index (χ0n) is 12.2. The molecule has 1 aliphatic rings. The molecule has 0 aliphatic carbocycles. The Morgan fingerprint density at radius 2 is 2.20 bits per heavy atom. The third-order valence-corrected chi connectivity index (χ3v) is 3.72. The van der Waals surface area contributed by atoms with Crippen LogP contribution in [0.3, 0.4) is 0 Å². The molecule has 4 nitrogen and oxygen atoms in total. The molecule has 4 heteroatoms. The number of likely N-dealkylation sites (tertiary alicyclic amines) is 1. The third kappa shape index (κ3) is 3.39. The molecule has 108 valence electrons. The summed E-state index contributed by atoms with van der Waals surface area (Å²) in [6.07, 6.45) is 4.10. The second-order valence-corrected chi connectivity index (χ2v) is 5.03. The van der Waals surface area contributed by atoms with E-state index in [2.05, 4.69) is 34.2 Å². The van der Waals surface area contributed by atoms with E-state index in [-0.39, 0.29) is 0 Å². The fourth-order valence-corrected chi connectivity index (χ4v) is 2.76. The second kappa shape index (κ2) is 7.10. The van der Waals surface area contributed by atoms with E-state index in [1.54, 1.807) is 14.2 Å². The van der Waals surface area contributed by atoms with Crippen molar-refractivity contribution in [2.45, 2.75) is 25.4 Å². The highest BCUT2D eigenvalue weighted by Gasteiger charge is 2.28. The molecule has 1 saturated heterocycles. The van der Waals surface area contributed by atoms with Crippen molar-refractivity contribution in [3.8, 4) is 0 Å². The number of nitrogens with two attached hydrogens (primary N) is 1. The van der Waals surface area contributed by atoms with Crippen molar-refractivity contribution >= 4 is 6.21 Å². The molecule has 20 heavy (non-hydrogen) atoms. The molecule has 1 unspecified atom stereocenters. The summed E-state index contributed by atoms with van der Waals surface area (Å²) in [5.74, 6) is 0.473. The van der Waals surface area contributed by atoms with Gasteiger partial charge >= 0.3 is 0 Å². The molecule has 0 aromatic heterocycles. The number of nitrogens with zero attached hydrogens (tertiary/aromatic N) is 2. The smallest absolute Gasteiger partial charge is 0.190 e. The predicted molar refractivity (Wildman–Crippen MR) is 82.5 cm³/mol. The van der Waals surface area contributed by atoms with Crippen molar-refractivity contribution in [3.63, 3.8) is 0 Å². The zero-order chi connectivity index (χ0) is 14.4. The van der Waals surface area contributed by atoms with Crippen LogP contribution >= 0.6 is 0 Å². The zero-order valence-corrected chi connectivity index (χ0v) is 12.2. The van der Waals surface area contributed by atoms with Crippen LogP contribution in [0, 0.1) is 0 Å². The molecule has 0 spiro atoms. The van der Waals surface area contributed by atoms with Crippen molar-refractivity contribution in [2.75, 3.05) is 20.7 Å². The van der Waals surface area contributed by atoms with Crippen molar-refractivity contribution in [3.05, 3.63) is 47.4 Å². The van der Waals surface area contributed by atoms with Crippen LogP contribution in [0.5, 0.6) is 0 Å². The van der Waals surface area contributed by atoms with Crippen LogP contribution in [0.15, 0.2) is 46.8 Å². The van der Waals surface area contributed by atoms with Gasteiger partial charge in [0.05, 0.1) is 7.11 Å². The summed E-state index contributed by atoms with van der Waals surface area (Å²) >= 11 is 0. The number of ether oxygens (including phenoxy) is 1. The Labute approximate surface area is 120 Å². The van der Waals surface area contributed by atoms with E-state index < -0.39 is 0 Å². The van der Waals surface area contributed by atoms with Crippen LogP contribution in [0.2, 0.25) is 0 Å². The third-order valence-electron chi connectivity index (χ3n) is 3.72. The summed E-state index contributed by atoms with van der Waals surface area (Å²) in [5, 5.41) is 0. The number of rotatable bonds is 5. The first-order chi connectivity index (χ1) is 9.76. The molecule has 1 atom stereocenters. The van der Waals surface area contributed by atoms with E-state index in [4.69, 9.17) is 10.5 Å². The Balaban J connectivity index is 2.18. The van der Waals surface area contributed by atoms with Gasteiger partial charge in [0.2, 0.25) is 0 Å². The minimum atomic E-state index is 0.291. The summed E-state index contributed by atoms with van der Waals surface area (Å²) in [5.41, 5.74) is 8.29. The summed E-state index contributed by atoms with van der Waals surface area (Å²) in [6.45, 7) is 2.02. The molecular formula is C16H23N3O. The highest BCUT2D eigenvalue weighted by atomic mass is 16.5. The van der Waals surface area contributed by atoms with Crippen LogP contribution < -0.4 is 5.73 Å². The Morgan fingerprint density at radius 3 is 2.85 bits per heavy atom. The van der Waals surface area contributed by atoms with Crippen LogP contribution in [0.1, 0.15) is 18.4 Å². The lowest BCUT2D eigenvalue weighted by atomic mass is 10.1. The molecule has 0 radical (unpaired) electrons. The van der Waals surface area contributed by atoms with Gasteiger partial charge in [-0.3, -0.25) is 9.89 Å². The van der Waals surface area contributed by atoms with Crippen molar-refractivity contribution in [1.29, 1.82) is 0 Å². The van der Waals surface area contributed by atoms with Crippen LogP contribution in [-0.2, 0) is 11.3 Å². The van der Waals surface area contributed by atoms with Gasteiger partial charge in [0.15, 0.2) is 5.88 Å². The number of aliphatic imine (C=N–C) groups is 1. The summed E-state index contributed by atoms with van der Waals surface area (Å²) in [4.78, 5) is 6.56. The predicted octanol–water partition coefficient (Wildman–Crippen LogP) is 2.17. The SMILES string of the molecule is CN=CC(=C(N)OC)C1CCCN1Cc1ccccc1. The molecule has 1 aromatic rings. The summed E-state index contributed by atoms with van der Waals surface area (Å²) < 4.78 is 5.22. The maximum Gasteiger partial charge on any atom is 0.190 e. The van der Waals surface area contributed by atoms with E-state index in [1.807, 2.05) is 12.3 Å². The second-order valence-electron chi connectivity index (χ2n) is 5.03. The van der Waals surface area contributed by atoms with Crippen LogP contribution in [0.4, 0.5) is 0 Å². The fraction of sp³-hybridized carbons (Fsp3) is 0.438. The monoisotopic (exact) mass is 273 g/mol. The Kier molecular flexibility index (Phi) is 5.18. The van der Waals surface area contributed by atoms with E-state index in [9.17, 15) is 0 Å². The Bertz CT molecular complexity index is 482. The molecular weight excluding hydrogens is 250 g/mol. The van der Waals surface area contributed by atoms with Gasteiger partial charge in [-0.1, -0.05) is 30.3 Å². The highest BCUT2D eigenvalue weighted by Crippen LogP contribution is 2.26. The lowest BCUT2D eigenvalue weighted by Gasteiger charge is -2.26. The van der Waals surface area contributed by atoms with Gasteiger partial charge in [-0.15, -0.1) is 0 Å². The van der Waals surface area contributed by atoms with E-state index in [0.29, 0.717) is 11.9 Å². The molecule has 2 N–H and O–H groups in total. The highest BCUT2D eigenvalue weighted by molar-refractivity contribution is 5.80. The standard InChI is InChI=1S/C16H23N3O/c1-18-11-14(16(17)20-2)15-9-6-10-19(15)12-13-7-4-3-5-8-13/h3-5,7-8,11,15H,6,9-10,12,17H2,1-2H3. The Hall–Kier alpha value is -1.81. The quantitative estimate of drug-likeness (QED) is 0.661. The van der Waals surface area contributed by atoms with E-state index in [1.165, 1.54) is 12.0 Å². The van der Waals surface area contributed by atoms with Crippen LogP contribution in [0.25, 0.3) is 0 Å². The first kappa shape index (κ1) is 14.6. The number of hydrogen-bond acceptors (Lipinski definition) is 4. The first-order valence-corrected chi connectivity index (χ1v) is 7.00. The molecule has 0 bridgehead atoms. The van der Waals surface area contributed by atoms with Gasteiger partial charge in [0, 0.05) is 31.4 Å². The average molecular weight is 273 g/mol. The van der Waals surface area contributed by atoms with Gasteiger partial charge in [-0.05, 0) is 24.9 Å².